The molecule has 4 nitrogen and oxygen atoms in total. The Hall–Kier alpha value is -1.10. The Balaban J connectivity index is 0.00000208. The highest BCUT2D eigenvalue weighted by atomic mass is 35.5. The Morgan fingerprint density at radius 3 is 2.67 bits per heavy atom. The first kappa shape index (κ1) is 19.2. The standard InChI is InChI=1S/C19H28N2O2.ClH/c22-18(7-6-16-8-11-20-14-16)21-15-19(9-12-23-13-10-19)17-4-2-1-3-5-17;/h1-5,16,20H,6-15H2,(H,21,22);1H. The summed E-state index contributed by atoms with van der Waals surface area (Å²) in [5.74, 6) is 0.866. The second-order valence-electron chi connectivity index (χ2n) is 6.93. The molecule has 5 heteroatoms. The molecule has 3 rings (SSSR count). The van der Waals surface area contributed by atoms with Gasteiger partial charge in [0, 0.05) is 31.6 Å². The summed E-state index contributed by atoms with van der Waals surface area (Å²) in [5, 5.41) is 6.56. The van der Waals surface area contributed by atoms with Gasteiger partial charge in [-0.2, -0.15) is 0 Å². The Bertz CT molecular complexity index is 497. The van der Waals surface area contributed by atoms with E-state index < -0.39 is 0 Å². The fourth-order valence-electron chi connectivity index (χ4n) is 3.77. The molecule has 2 fully saturated rings. The maximum Gasteiger partial charge on any atom is 0.220 e. The molecule has 2 N–H and O–H groups in total. The highest BCUT2D eigenvalue weighted by molar-refractivity contribution is 5.85. The summed E-state index contributed by atoms with van der Waals surface area (Å²) in [4.78, 5) is 12.3. The van der Waals surface area contributed by atoms with Gasteiger partial charge in [0.25, 0.3) is 0 Å². The molecule has 1 atom stereocenters. The predicted molar refractivity (Wildman–Crippen MR) is 98.6 cm³/mol. The maximum atomic E-state index is 12.3. The van der Waals surface area contributed by atoms with Gasteiger partial charge in [0.2, 0.25) is 5.91 Å². The summed E-state index contributed by atoms with van der Waals surface area (Å²) < 4.78 is 5.55. The van der Waals surface area contributed by atoms with Crippen molar-refractivity contribution in [1.82, 2.24) is 10.6 Å². The van der Waals surface area contributed by atoms with Crippen molar-refractivity contribution in [3.05, 3.63) is 35.9 Å². The van der Waals surface area contributed by atoms with Crippen molar-refractivity contribution in [2.75, 3.05) is 32.8 Å². The molecule has 0 radical (unpaired) electrons. The second kappa shape index (κ2) is 9.40. The molecular weight excluding hydrogens is 324 g/mol. The number of carbonyl (C=O) groups excluding carboxylic acids is 1. The van der Waals surface area contributed by atoms with Gasteiger partial charge in [0.1, 0.15) is 0 Å². The lowest BCUT2D eigenvalue weighted by atomic mass is 9.74. The molecule has 0 aliphatic carbocycles. The van der Waals surface area contributed by atoms with E-state index in [1.807, 2.05) is 6.07 Å². The minimum atomic E-state index is 0. The van der Waals surface area contributed by atoms with Crippen LogP contribution in [0.3, 0.4) is 0 Å². The van der Waals surface area contributed by atoms with Gasteiger partial charge in [-0.15, -0.1) is 12.4 Å². The van der Waals surface area contributed by atoms with E-state index in [9.17, 15) is 4.79 Å². The second-order valence-corrected chi connectivity index (χ2v) is 6.93. The van der Waals surface area contributed by atoms with E-state index in [4.69, 9.17) is 4.74 Å². The molecule has 1 aromatic rings. The lowest BCUT2D eigenvalue weighted by Gasteiger charge is -2.38. The van der Waals surface area contributed by atoms with Crippen LogP contribution in [0.5, 0.6) is 0 Å². The topological polar surface area (TPSA) is 50.4 Å². The fourth-order valence-corrected chi connectivity index (χ4v) is 3.77. The van der Waals surface area contributed by atoms with Crippen molar-refractivity contribution in [3.8, 4) is 0 Å². The Morgan fingerprint density at radius 2 is 2.00 bits per heavy atom. The van der Waals surface area contributed by atoms with Gasteiger partial charge in [-0.25, -0.2) is 0 Å². The van der Waals surface area contributed by atoms with Crippen molar-refractivity contribution in [1.29, 1.82) is 0 Å². The van der Waals surface area contributed by atoms with Gasteiger partial charge in [0.15, 0.2) is 0 Å². The zero-order valence-electron chi connectivity index (χ0n) is 14.3. The average molecular weight is 353 g/mol. The molecule has 134 valence electrons. The fraction of sp³-hybridized carbons (Fsp3) is 0.632. The number of hydrogen-bond acceptors (Lipinski definition) is 3. The number of amides is 1. The first-order chi connectivity index (χ1) is 11.3. The normalized spacial score (nSPS) is 22.6. The van der Waals surface area contributed by atoms with Gasteiger partial charge in [-0.3, -0.25) is 4.79 Å². The molecular formula is C19H29ClN2O2. The summed E-state index contributed by atoms with van der Waals surface area (Å²) >= 11 is 0. The van der Waals surface area contributed by atoms with E-state index in [0.29, 0.717) is 12.3 Å². The molecule has 1 aromatic carbocycles. The highest BCUT2D eigenvalue weighted by Crippen LogP contribution is 2.34. The van der Waals surface area contributed by atoms with Crippen molar-refractivity contribution in [2.24, 2.45) is 5.92 Å². The molecule has 1 amide bonds. The number of ether oxygens (including phenoxy) is 1. The maximum absolute atomic E-state index is 12.3. The summed E-state index contributed by atoms with van der Waals surface area (Å²) in [5.41, 5.74) is 1.35. The first-order valence-electron chi connectivity index (χ1n) is 8.89. The minimum absolute atomic E-state index is 0. The van der Waals surface area contributed by atoms with E-state index in [-0.39, 0.29) is 23.7 Å². The largest absolute Gasteiger partial charge is 0.381 e. The van der Waals surface area contributed by atoms with Gasteiger partial charge in [0.05, 0.1) is 0 Å². The summed E-state index contributed by atoms with van der Waals surface area (Å²) in [7, 11) is 0. The van der Waals surface area contributed by atoms with Crippen molar-refractivity contribution in [3.63, 3.8) is 0 Å². The van der Waals surface area contributed by atoms with Crippen LogP contribution < -0.4 is 10.6 Å². The SMILES string of the molecule is Cl.O=C(CCC1CCNC1)NCC1(c2ccccc2)CCOCC1. The number of hydrogen-bond donors (Lipinski definition) is 2. The van der Waals surface area contributed by atoms with Gasteiger partial charge in [-0.1, -0.05) is 30.3 Å². The summed E-state index contributed by atoms with van der Waals surface area (Å²) in [6.45, 7) is 4.45. The Morgan fingerprint density at radius 1 is 1.25 bits per heavy atom. The third-order valence-corrected chi connectivity index (χ3v) is 5.40. The van der Waals surface area contributed by atoms with Crippen LogP contribution in [0.2, 0.25) is 0 Å². The van der Waals surface area contributed by atoms with Crippen LogP contribution in [-0.4, -0.2) is 38.8 Å². The number of halogens is 1. The molecule has 0 bridgehead atoms. The van der Waals surface area contributed by atoms with Crippen molar-refractivity contribution < 1.29 is 9.53 Å². The molecule has 0 spiro atoms. The predicted octanol–water partition coefficient (Wildman–Crippen LogP) is 2.66. The smallest absolute Gasteiger partial charge is 0.220 e. The van der Waals surface area contributed by atoms with Crippen molar-refractivity contribution in [2.45, 2.75) is 37.5 Å². The number of benzene rings is 1. The van der Waals surface area contributed by atoms with E-state index in [1.54, 1.807) is 0 Å². The molecule has 2 saturated heterocycles. The number of rotatable bonds is 6. The summed E-state index contributed by atoms with van der Waals surface area (Å²) in [6, 6.07) is 10.6. The van der Waals surface area contributed by atoms with E-state index >= 15 is 0 Å². The first-order valence-corrected chi connectivity index (χ1v) is 8.89. The highest BCUT2D eigenvalue weighted by Gasteiger charge is 2.34. The van der Waals surface area contributed by atoms with Crippen LogP contribution in [0.25, 0.3) is 0 Å². The number of nitrogens with one attached hydrogen (secondary N) is 2. The molecule has 2 aliphatic heterocycles. The van der Waals surface area contributed by atoms with Gasteiger partial charge < -0.3 is 15.4 Å². The average Bonchev–Trinajstić information content (AvgIpc) is 3.13. The Kier molecular flexibility index (Phi) is 7.53. The summed E-state index contributed by atoms with van der Waals surface area (Å²) in [6.07, 6.45) is 4.81. The molecule has 0 aromatic heterocycles. The Labute approximate surface area is 151 Å². The van der Waals surface area contributed by atoms with Gasteiger partial charge in [-0.05, 0) is 50.3 Å². The van der Waals surface area contributed by atoms with Crippen LogP contribution in [0, 0.1) is 5.92 Å². The quantitative estimate of drug-likeness (QED) is 0.827. The zero-order valence-corrected chi connectivity index (χ0v) is 15.1. The van der Waals surface area contributed by atoms with Crippen LogP contribution in [0.4, 0.5) is 0 Å². The van der Waals surface area contributed by atoms with Crippen molar-refractivity contribution >= 4 is 18.3 Å². The number of carbonyl (C=O) groups is 1. The monoisotopic (exact) mass is 352 g/mol. The van der Waals surface area contributed by atoms with Crippen LogP contribution in [-0.2, 0) is 14.9 Å². The minimum Gasteiger partial charge on any atom is -0.381 e. The third kappa shape index (κ3) is 4.95. The van der Waals surface area contributed by atoms with Crippen LogP contribution in [0.1, 0.15) is 37.7 Å². The van der Waals surface area contributed by atoms with Crippen LogP contribution in [0.15, 0.2) is 30.3 Å². The van der Waals surface area contributed by atoms with E-state index in [0.717, 1.165) is 52.1 Å². The molecule has 2 heterocycles. The lowest BCUT2D eigenvalue weighted by Crippen LogP contribution is -2.44. The van der Waals surface area contributed by atoms with E-state index in [1.165, 1.54) is 12.0 Å². The van der Waals surface area contributed by atoms with E-state index in [2.05, 4.69) is 34.9 Å². The zero-order chi connectivity index (χ0) is 16.0. The molecule has 1 unspecified atom stereocenters. The molecule has 0 saturated carbocycles. The molecule has 24 heavy (non-hydrogen) atoms. The molecule has 2 aliphatic rings. The van der Waals surface area contributed by atoms with Gasteiger partial charge >= 0.3 is 0 Å². The third-order valence-electron chi connectivity index (χ3n) is 5.40. The lowest BCUT2D eigenvalue weighted by molar-refractivity contribution is -0.121. The van der Waals surface area contributed by atoms with Crippen LogP contribution >= 0.6 is 12.4 Å².